The molecule has 0 saturated carbocycles. The second-order valence-corrected chi connectivity index (χ2v) is 4.86. The molecule has 2 aromatic carbocycles. The van der Waals surface area contributed by atoms with Gasteiger partial charge in [-0.25, -0.2) is 0 Å². The molecule has 20 heavy (non-hydrogen) atoms. The topological polar surface area (TPSA) is 41.5 Å². The highest BCUT2D eigenvalue weighted by Crippen LogP contribution is 2.30. The SMILES string of the molecule is CCNCc1ccc(Oc2cccc(CO)c2)c(Cl)c1. The van der Waals surface area contributed by atoms with E-state index in [1.165, 1.54) is 0 Å². The maximum Gasteiger partial charge on any atom is 0.146 e. The summed E-state index contributed by atoms with van der Waals surface area (Å²) in [5.41, 5.74) is 1.93. The summed E-state index contributed by atoms with van der Waals surface area (Å²) in [7, 11) is 0. The second-order valence-electron chi connectivity index (χ2n) is 4.45. The van der Waals surface area contributed by atoms with Crippen molar-refractivity contribution in [1.82, 2.24) is 5.32 Å². The van der Waals surface area contributed by atoms with Crippen molar-refractivity contribution in [3.63, 3.8) is 0 Å². The summed E-state index contributed by atoms with van der Waals surface area (Å²) in [5.74, 6) is 1.28. The molecule has 2 aromatic rings. The zero-order valence-corrected chi connectivity index (χ0v) is 12.2. The lowest BCUT2D eigenvalue weighted by molar-refractivity contribution is 0.281. The van der Waals surface area contributed by atoms with Gasteiger partial charge < -0.3 is 15.2 Å². The molecular formula is C16H18ClNO2. The lowest BCUT2D eigenvalue weighted by atomic mass is 10.2. The Morgan fingerprint density at radius 2 is 2.00 bits per heavy atom. The Morgan fingerprint density at radius 3 is 2.70 bits per heavy atom. The highest BCUT2D eigenvalue weighted by Gasteiger charge is 2.05. The minimum Gasteiger partial charge on any atom is -0.456 e. The molecular weight excluding hydrogens is 274 g/mol. The molecule has 0 aliphatic carbocycles. The minimum absolute atomic E-state index is 0.00738. The summed E-state index contributed by atoms with van der Waals surface area (Å²) in [6.07, 6.45) is 0. The third-order valence-corrected chi connectivity index (χ3v) is 3.18. The fourth-order valence-electron chi connectivity index (χ4n) is 1.84. The molecule has 0 atom stereocenters. The van der Waals surface area contributed by atoms with Gasteiger partial charge in [0.1, 0.15) is 11.5 Å². The first-order chi connectivity index (χ1) is 9.72. The van der Waals surface area contributed by atoms with Crippen molar-refractivity contribution < 1.29 is 9.84 Å². The van der Waals surface area contributed by atoms with E-state index >= 15 is 0 Å². The Bertz CT molecular complexity index is 572. The van der Waals surface area contributed by atoms with E-state index in [1.807, 2.05) is 36.4 Å². The molecule has 2 rings (SSSR count). The van der Waals surface area contributed by atoms with Crippen LogP contribution in [0.3, 0.4) is 0 Å². The van der Waals surface area contributed by atoms with E-state index in [9.17, 15) is 0 Å². The maximum atomic E-state index is 9.11. The summed E-state index contributed by atoms with van der Waals surface area (Å²) in [6.45, 7) is 3.76. The largest absolute Gasteiger partial charge is 0.456 e. The molecule has 0 saturated heterocycles. The van der Waals surface area contributed by atoms with Crippen LogP contribution in [0.2, 0.25) is 5.02 Å². The van der Waals surface area contributed by atoms with E-state index in [0.717, 1.165) is 24.2 Å². The number of rotatable bonds is 6. The van der Waals surface area contributed by atoms with E-state index in [2.05, 4.69) is 12.2 Å². The van der Waals surface area contributed by atoms with Crippen molar-refractivity contribution in [2.45, 2.75) is 20.1 Å². The molecule has 0 heterocycles. The predicted octanol–water partition coefficient (Wildman–Crippen LogP) is 3.73. The fourth-order valence-corrected chi connectivity index (χ4v) is 2.08. The van der Waals surface area contributed by atoms with Gasteiger partial charge in [0, 0.05) is 6.54 Å². The van der Waals surface area contributed by atoms with E-state index in [0.29, 0.717) is 16.5 Å². The van der Waals surface area contributed by atoms with Crippen molar-refractivity contribution in [3.8, 4) is 11.5 Å². The number of ether oxygens (including phenoxy) is 1. The van der Waals surface area contributed by atoms with Gasteiger partial charge in [-0.2, -0.15) is 0 Å². The fraction of sp³-hybridized carbons (Fsp3) is 0.250. The molecule has 3 nitrogen and oxygen atoms in total. The van der Waals surface area contributed by atoms with E-state index in [4.69, 9.17) is 21.4 Å². The predicted molar refractivity (Wildman–Crippen MR) is 81.3 cm³/mol. The molecule has 0 bridgehead atoms. The molecule has 0 aliphatic rings. The molecule has 0 aromatic heterocycles. The highest BCUT2D eigenvalue weighted by atomic mass is 35.5. The van der Waals surface area contributed by atoms with Crippen LogP contribution in [-0.2, 0) is 13.2 Å². The van der Waals surface area contributed by atoms with Gasteiger partial charge in [0.05, 0.1) is 11.6 Å². The number of benzene rings is 2. The summed E-state index contributed by atoms with van der Waals surface area (Å²) < 4.78 is 5.75. The van der Waals surface area contributed by atoms with Gasteiger partial charge >= 0.3 is 0 Å². The number of hydrogen-bond donors (Lipinski definition) is 2. The molecule has 0 radical (unpaired) electrons. The lowest BCUT2D eigenvalue weighted by Crippen LogP contribution is -2.11. The molecule has 0 amide bonds. The molecule has 2 N–H and O–H groups in total. The summed E-state index contributed by atoms with van der Waals surface area (Å²) in [5, 5.41) is 12.9. The van der Waals surface area contributed by atoms with Crippen LogP contribution in [0.25, 0.3) is 0 Å². The van der Waals surface area contributed by atoms with E-state index in [-0.39, 0.29) is 6.61 Å². The first-order valence-corrected chi connectivity index (χ1v) is 6.97. The van der Waals surface area contributed by atoms with Gasteiger partial charge in [-0.15, -0.1) is 0 Å². The van der Waals surface area contributed by atoms with Gasteiger partial charge in [0.15, 0.2) is 0 Å². The summed E-state index contributed by atoms with van der Waals surface area (Å²) in [6, 6.07) is 13.1. The van der Waals surface area contributed by atoms with Crippen LogP contribution in [-0.4, -0.2) is 11.7 Å². The third kappa shape index (κ3) is 3.97. The van der Waals surface area contributed by atoms with Crippen LogP contribution in [0.1, 0.15) is 18.1 Å². The van der Waals surface area contributed by atoms with Crippen LogP contribution < -0.4 is 10.1 Å². The first-order valence-electron chi connectivity index (χ1n) is 6.59. The van der Waals surface area contributed by atoms with Crippen LogP contribution >= 0.6 is 11.6 Å². The zero-order chi connectivity index (χ0) is 14.4. The van der Waals surface area contributed by atoms with Gasteiger partial charge in [-0.05, 0) is 41.9 Å². The Kier molecular flexibility index (Phi) is 5.41. The number of halogens is 1. The maximum absolute atomic E-state index is 9.11. The van der Waals surface area contributed by atoms with E-state index in [1.54, 1.807) is 6.07 Å². The first kappa shape index (κ1) is 14.9. The Morgan fingerprint density at radius 1 is 1.15 bits per heavy atom. The Hall–Kier alpha value is -1.55. The second kappa shape index (κ2) is 7.29. The molecule has 0 spiro atoms. The smallest absolute Gasteiger partial charge is 0.146 e. The summed E-state index contributed by atoms with van der Waals surface area (Å²) >= 11 is 6.23. The van der Waals surface area contributed by atoms with Crippen LogP contribution in [0.4, 0.5) is 0 Å². The molecule has 106 valence electrons. The molecule has 4 heteroatoms. The van der Waals surface area contributed by atoms with Gasteiger partial charge in [0.2, 0.25) is 0 Å². The highest BCUT2D eigenvalue weighted by molar-refractivity contribution is 6.32. The average molecular weight is 292 g/mol. The van der Waals surface area contributed by atoms with Crippen LogP contribution in [0, 0.1) is 0 Å². The Labute approximate surface area is 124 Å². The molecule has 0 unspecified atom stereocenters. The number of aliphatic hydroxyl groups is 1. The van der Waals surface area contributed by atoms with Gasteiger partial charge in [-0.1, -0.05) is 36.7 Å². The van der Waals surface area contributed by atoms with Crippen molar-refractivity contribution in [2.24, 2.45) is 0 Å². The number of nitrogens with one attached hydrogen (secondary N) is 1. The van der Waals surface area contributed by atoms with Gasteiger partial charge in [0.25, 0.3) is 0 Å². The number of aliphatic hydroxyl groups excluding tert-OH is 1. The number of hydrogen-bond acceptors (Lipinski definition) is 3. The monoisotopic (exact) mass is 291 g/mol. The zero-order valence-electron chi connectivity index (χ0n) is 11.4. The summed E-state index contributed by atoms with van der Waals surface area (Å²) in [4.78, 5) is 0. The third-order valence-electron chi connectivity index (χ3n) is 2.88. The normalized spacial score (nSPS) is 10.6. The quantitative estimate of drug-likeness (QED) is 0.852. The standard InChI is InChI=1S/C16H18ClNO2/c1-2-18-10-12-6-7-16(15(17)9-12)20-14-5-3-4-13(8-14)11-19/h3-9,18-19H,2,10-11H2,1H3. The van der Waals surface area contributed by atoms with E-state index < -0.39 is 0 Å². The van der Waals surface area contributed by atoms with Crippen molar-refractivity contribution in [2.75, 3.05) is 6.54 Å². The molecule has 0 fully saturated rings. The van der Waals surface area contributed by atoms with Crippen molar-refractivity contribution in [1.29, 1.82) is 0 Å². The van der Waals surface area contributed by atoms with Gasteiger partial charge in [-0.3, -0.25) is 0 Å². The Balaban J connectivity index is 2.12. The van der Waals surface area contributed by atoms with Crippen LogP contribution in [0.5, 0.6) is 11.5 Å². The average Bonchev–Trinajstić information content (AvgIpc) is 2.48. The minimum atomic E-state index is -0.00738. The molecule has 0 aliphatic heterocycles. The lowest BCUT2D eigenvalue weighted by Gasteiger charge is -2.10. The van der Waals surface area contributed by atoms with Crippen molar-refractivity contribution >= 4 is 11.6 Å². The van der Waals surface area contributed by atoms with Crippen molar-refractivity contribution in [3.05, 3.63) is 58.6 Å². The van der Waals surface area contributed by atoms with Crippen LogP contribution in [0.15, 0.2) is 42.5 Å².